The van der Waals surface area contributed by atoms with Crippen LogP contribution in [0.3, 0.4) is 0 Å². The van der Waals surface area contributed by atoms with Crippen LogP contribution in [0, 0.1) is 5.21 Å². The lowest BCUT2D eigenvalue weighted by Crippen LogP contribution is -2.59. The molecule has 0 bridgehead atoms. The van der Waals surface area contributed by atoms with Gasteiger partial charge in [-0.25, -0.2) is 10.2 Å². The monoisotopic (exact) mass is 349 g/mol. The molecule has 3 rings (SSSR count). The number of nitrogens with two attached hydrogens (primary N) is 1. The van der Waals surface area contributed by atoms with Gasteiger partial charge in [0, 0.05) is 6.42 Å². The fourth-order valence-corrected chi connectivity index (χ4v) is 3.80. The van der Waals surface area contributed by atoms with Crippen LogP contribution in [0.15, 0.2) is 27.9 Å². The molecule has 2 aliphatic rings. The molecule has 2 amide bonds. The zero-order valence-corrected chi connectivity index (χ0v) is 14.4. The van der Waals surface area contributed by atoms with Crippen molar-refractivity contribution in [2.75, 3.05) is 0 Å². The molecule has 9 nitrogen and oxygen atoms in total. The molecule has 1 saturated carbocycles. The molecule has 1 aromatic rings. The minimum atomic E-state index is -1.40. The van der Waals surface area contributed by atoms with Crippen molar-refractivity contribution in [3.8, 4) is 0 Å². The summed E-state index contributed by atoms with van der Waals surface area (Å²) in [5.41, 5.74) is 5.62. The van der Waals surface area contributed by atoms with Gasteiger partial charge in [-0.3, -0.25) is 0 Å². The van der Waals surface area contributed by atoms with Gasteiger partial charge in [-0.15, -0.1) is 5.06 Å². The van der Waals surface area contributed by atoms with Gasteiger partial charge in [0.2, 0.25) is 0 Å². The second-order valence-corrected chi connectivity index (χ2v) is 6.90. The number of rotatable bonds is 2. The first-order chi connectivity index (χ1) is 11.8. The molecule has 0 unspecified atom stereocenters. The molecular weight excluding hydrogens is 326 g/mol. The average molecular weight is 349 g/mol. The number of hydrazone groups is 1. The Bertz CT molecular complexity index is 725. The smallest absolute Gasteiger partial charge is 0.332 e. The van der Waals surface area contributed by atoms with E-state index in [1.165, 1.54) is 6.26 Å². The molecule has 1 aromatic heterocycles. The van der Waals surface area contributed by atoms with Gasteiger partial charge in [0.25, 0.3) is 11.4 Å². The Kier molecular flexibility index (Phi) is 4.29. The van der Waals surface area contributed by atoms with Gasteiger partial charge < -0.3 is 20.6 Å². The second kappa shape index (κ2) is 6.16. The maximum atomic E-state index is 13.4. The number of nitrogens with zero attached hydrogens (tertiary/aromatic N) is 3. The molecule has 0 aromatic carbocycles. The summed E-state index contributed by atoms with van der Waals surface area (Å²) in [6.07, 6.45) is 4.77. The predicted octanol–water partition coefficient (Wildman–Crippen LogP) is 1.75. The number of carbonyl (C=O) groups excluding carboxylic acids is 1. The Morgan fingerprint density at radius 2 is 2.24 bits per heavy atom. The Morgan fingerprint density at radius 3 is 2.88 bits per heavy atom. The van der Waals surface area contributed by atoms with Gasteiger partial charge in [-0.1, -0.05) is 6.42 Å². The number of hydrogen-bond donors (Lipinski definition) is 3. The standard InChI is InChI=1S/C16H23N5O4/c1-15(2)13(11-7-6-10-25-11)20(23)16(21(15)24)9-5-3-4-8-12(16)18-19-14(17)22/h6-7,10,24H,3-5,8-9H2,1-2H3,(H3,17,19,22)/t16-/m1/s1. The summed E-state index contributed by atoms with van der Waals surface area (Å²) in [4.78, 5) is 11.1. The molecule has 1 aliphatic heterocycles. The molecule has 0 radical (unpaired) electrons. The first kappa shape index (κ1) is 17.4. The lowest BCUT2D eigenvalue weighted by atomic mass is 9.94. The van der Waals surface area contributed by atoms with Crippen molar-refractivity contribution in [2.45, 2.75) is 57.2 Å². The number of urea groups is 1. The Labute approximate surface area is 145 Å². The molecular formula is C16H23N5O4. The molecule has 9 heteroatoms. The van der Waals surface area contributed by atoms with Crippen LogP contribution < -0.4 is 11.2 Å². The predicted molar refractivity (Wildman–Crippen MR) is 90.1 cm³/mol. The van der Waals surface area contributed by atoms with Crippen molar-refractivity contribution < 1.29 is 19.2 Å². The fraction of sp³-hybridized carbons (Fsp3) is 0.562. The third kappa shape index (κ3) is 2.59. The second-order valence-electron chi connectivity index (χ2n) is 6.90. The SMILES string of the molecule is CC1(C)C(c2ccco2)=[N+]([O-])[C@]2(CCCCCC2=NNC(N)=O)N1O. The van der Waals surface area contributed by atoms with Gasteiger partial charge in [-0.2, -0.15) is 9.84 Å². The maximum Gasteiger partial charge on any atom is 0.332 e. The normalized spacial score (nSPS) is 28.5. The Hall–Kier alpha value is -2.39. The molecule has 25 heavy (non-hydrogen) atoms. The van der Waals surface area contributed by atoms with Crippen LogP contribution in [0.25, 0.3) is 0 Å². The summed E-state index contributed by atoms with van der Waals surface area (Å²) in [6.45, 7) is 3.49. The van der Waals surface area contributed by atoms with E-state index >= 15 is 0 Å². The van der Waals surface area contributed by atoms with E-state index in [2.05, 4.69) is 10.5 Å². The van der Waals surface area contributed by atoms with E-state index in [0.717, 1.165) is 29.1 Å². The molecule has 1 spiro atoms. The number of amides is 2. The van der Waals surface area contributed by atoms with Gasteiger partial charge in [0.05, 0.1) is 6.26 Å². The number of hydroxylamine groups is 3. The number of furan rings is 1. The van der Waals surface area contributed by atoms with Crippen molar-refractivity contribution in [3.63, 3.8) is 0 Å². The first-order valence-corrected chi connectivity index (χ1v) is 8.32. The van der Waals surface area contributed by atoms with E-state index in [1.807, 2.05) is 0 Å². The topological polar surface area (TPSA) is 130 Å². The van der Waals surface area contributed by atoms with Crippen LogP contribution in [-0.4, -0.2) is 43.7 Å². The van der Waals surface area contributed by atoms with Crippen LogP contribution >= 0.6 is 0 Å². The van der Waals surface area contributed by atoms with Gasteiger partial charge >= 0.3 is 6.03 Å². The summed E-state index contributed by atoms with van der Waals surface area (Å²) in [5, 5.41) is 29.5. The average Bonchev–Trinajstić information content (AvgIpc) is 3.02. The zero-order valence-electron chi connectivity index (χ0n) is 14.4. The summed E-state index contributed by atoms with van der Waals surface area (Å²) >= 11 is 0. The van der Waals surface area contributed by atoms with Crippen LogP contribution in [0.5, 0.6) is 0 Å². The van der Waals surface area contributed by atoms with E-state index in [1.54, 1.807) is 26.0 Å². The highest BCUT2D eigenvalue weighted by Crippen LogP contribution is 2.41. The maximum absolute atomic E-state index is 13.4. The molecule has 4 N–H and O–H groups in total. The van der Waals surface area contributed by atoms with Crippen LogP contribution in [0.1, 0.15) is 51.7 Å². The van der Waals surface area contributed by atoms with E-state index in [4.69, 9.17) is 10.2 Å². The van der Waals surface area contributed by atoms with E-state index in [0.29, 0.717) is 30.0 Å². The van der Waals surface area contributed by atoms with E-state index < -0.39 is 17.2 Å². The van der Waals surface area contributed by atoms with Crippen molar-refractivity contribution >= 4 is 17.5 Å². The quantitative estimate of drug-likeness (QED) is 0.425. The summed E-state index contributed by atoms with van der Waals surface area (Å²) in [7, 11) is 0. The van der Waals surface area contributed by atoms with Crippen molar-refractivity contribution in [3.05, 3.63) is 29.4 Å². The van der Waals surface area contributed by atoms with Gasteiger partial charge in [-0.05, 0) is 45.2 Å². The zero-order chi connectivity index (χ0) is 18.2. The highest BCUT2D eigenvalue weighted by Gasteiger charge is 2.65. The summed E-state index contributed by atoms with van der Waals surface area (Å²) < 4.78 is 6.20. The van der Waals surface area contributed by atoms with E-state index in [-0.39, 0.29) is 0 Å². The first-order valence-electron chi connectivity index (χ1n) is 8.32. The Balaban J connectivity index is 2.19. The van der Waals surface area contributed by atoms with Crippen LogP contribution in [0.4, 0.5) is 4.79 Å². The highest BCUT2D eigenvalue weighted by molar-refractivity contribution is 6.05. The van der Waals surface area contributed by atoms with Crippen LogP contribution in [0.2, 0.25) is 0 Å². The third-order valence-electron chi connectivity index (χ3n) is 4.96. The van der Waals surface area contributed by atoms with Gasteiger partial charge in [0.1, 0.15) is 11.3 Å². The van der Waals surface area contributed by atoms with Crippen LogP contribution in [-0.2, 0) is 0 Å². The van der Waals surface area contributed by atoms with E-state index in [9.17, 15) is 15.2 Å². The summed E-state index contributed by atoms with van der Waals surface area (Å²) in [5.74, 6) is 0.391. The lowest BCUT2D eigenvalue weighted by molar-refractivity contribution is -0.567. The molecule has 1 fully saturated rings. The Morgan fingerprint density at radius 1 is 1.48 bits per heavy atom. The molecule has 2 heterocycles. The van der Waals surface area contributed by atoms with Gasteiger partial charge in [0.15, 0.2) is 5.76 Å². The highest BCUT2D eigenvalue weighted by atomic mass is 16.6. The number of hydrogen-bond acceptors (Lipinski definition) is 6. The molecule has 1 atom stereocenters. The van der Waals surface area contributed by atoms with Crippen molar-refractivity contribution in [2.24, 2.45) is 10.8 Å². The number of primary amides is 1. The van der Waals surface area contributed by atoms with Crippen molar-refractivity contribution in [1.82, 2.24) is 10.5 Å². The summed E-state index contributed by atoms with van der Waals surface area (Å²) in [6, 6.07) is 2.56. The molecule has 136 valence electrons. The van der Waals surface area contributed by atoms with Crippen molar-refractivity contribution in [1.29, 1.82) is 0 Å². The minimum absolute atomic E-state index is 0.314. The minimum Gasteiger partial charge on any atom is -0.622 e. The fourth-order valence-electron chi connectivity index (χ4n) is 3.80. The largest absolute Gasteiger partial charge is 0.622 e. The number of carbonyl (C=O) groups is 1. The molecule has 0 saturated heterocycles. The lowest BCUT2D eigenvalue weighted by Gasteiger charge is -2.35. The molecule has 1 aliphatic carbocycles. The third-order valence-corrected chi connectivity index (χ3v) is 4.96. The number of nitrogens with one attached hydrogen (secondary N) is 1.